The molecule has 2 aromatic rings. The van der Waals surface area contributed by atoms with E-state index in [-0.39, 0.29) is 17.1 Å². The number of nitrogens with two attached hydrogens (primary N) is 1. The molecule has 0 atom stereocenters. The molecule has 0 spiro atoms. The monoisotopic (exact) mass is 320 g/mol. The maximum Gasteiger partial charge on any atom is 0.165 e. The SMILES string of the molecule is COc1cc(F)c(-c2nc(N)c(Br)s2)cc1F. The van der Waals surface area contributed by atoms with E-state index in [9.17, 15) is 8.78 Å². The second-order valence-corrected chi connectivity index (χ2v) is 5.46. The van der Waals surface area contributed by atoms with Gasteiger partial charge in [0.1, 0.15) is 20.4 Å². The number of ether oxygens (including phenoxy) is 1. The van der Waals surface area contributed by atoms with Gasteiger partial charge in [0.05, 0.1) is 7.11 Å². The third kappa shape index (κ3) is 2.25. The van der Waals surface area contributed by atoms with Crippen LogP contribution in [0.15, 0.2) is 15.9 Å². The van der Waals surface area contributed by atoms with Crippen LogP contribution >= 0.6 is 27.3 Å². The Kier molecular flexibility index (Phi) is 3.30. The first-order valence-corrected chi connectivity index (χ1v) is 6.09. The van der Waals surface area contributed by atoms with Gasteiger partial charge in [0.15, 0.2) is 11.6 Å². The smallest absolute Gasteiger partial charge is 0.165 e. The van der Waals surface area contributed by atoms with Crippen molar-refractivity contribution in [3.05, 3.63) is 27.6 Å². The van der Waals surface area contributed by atoms with Gasteiger partial charge >= 0.3 is 0 Å². The summed E-state index contributed by atoms with van der Waals surface area (Å²) in [5.41, 5.74) is 5.59. The van der Waals surface area contributed by atoms with Crippen LogP contribution in [-0.2, 0) is 0 Å². The summed E-state index contributed by atoms with van der Waals surface area (Å²) >= 11 is 4.31. The number of hydrogen-bond acceptors (Lipinski definition) is 4. The van der Waals surface area contributed by atoms with E-state index in [4.69, 9.17) is 5.73 Å². The van der Waals surface area contributed by atoms with Crippen LogP contribution in [-0.4, -0.2) is 12.1 Å². The highest BCUT2D eigenvalue weighted by molar-refractivity contribution is 9.11. The Morgan fingerprint density at radius 3 is 2.59 bits per heavy atom. The van der Waals surface area contributed by atoms with Crippen LogP contribution in [0.5, 0.6) is 5.75 Å². The highest BCUT2D eigenvalue weighted by Gasteiger charge is 2.16. The molecule has 0 unspecified atom stereocenters. The van der Waals surface area contributed by atoms with Crippen LogP contribution in [0.3, 0.4) is 0 Å². The van der Waals surface area contributed by atoms with Crippen molar-refractivity contribution in [1.29, 1.82) is 0 Å². The van der Waals surface area contributed by atoms with Crippen molar-refractivity contribution in [2.45, 2.75) is 0 Å². The van der Waals surface area contributed by atoms with Crippen molar-refractivity contribution in [2.24, 2.45) is 0 Å². The fourth-order valence-corrected chi connectivity index (χ4v) is 2.56. The zero-order chi connectivity index (χ0) is 12.6. The molecule has 1 aromatic carbocycles. The normalized spacial score (nSPS) is 10.6. The van der Waals surface area contributed by atoms with E-state index in [1.807, 2.05) is 0 Å². The van der Waals surface area contributed by atoms with Gasteiger partial charge in [-0.1, -0.05) is 0 Å². The molecule has 0 aliphatic heterocycles. The minimum Gasteiger partial charge on any atom is -0.494 e. The molecule has 7 heteroatoms. The number of nitrogen functional groups attached to an aromatic ring is 1. The standard InChI is InChI=1S/C10H7BrF2N2OS/c1-16-7-3-5(12)4(2-6(7)13)10-15-9(14)8(11)17-10/h2-3H,14H2,1H3. The molecule has 0 aliphatic carbocycles. The highest BCUT2D eigenvalue weighted by Crippen LogP contribution is 2.36. The molecule has 1 aromatic heterocycles. The van der Waals surface area contributed by atoms with E-state index in [1.165, 1.54) is 7.11 Å². The summed E-state index contributed by atoms with van der Waals surface area (Å²) in [5, 5.41) is 0.313. The van der Waals surface area contributed by atoms with E-state index < -0.39 is 11.6 Å². The number of anilines is 1. The van der Waals surface area contributed by atoms with Crippen molar-refractivity contribution in [3.63, 3.8) is 0 Å². The number of nitrogens with zero attached hydrogens (tertiary/aromatic N) is 1. The van der Waals surface area contributed by atoms with Gasteiger partial charge in [-0.2, -0.15) is 0 Å². The number of aromatic nitrogens is 1. The molecule has 0 bridgehead atoms. The number of halogens is 3. The van der Waals surface area contributed by atoms with E-state index in [2.05, 4.69) is 25.7 Å². The Balaban J connectivity index is 2.56. The molecule has 0 radical (unpaired) electrons. The van der Waals surface area contributed by atoms with Crippen molar-refractivity contribution in [1.82, 2.24) is 4.98 Å². The summed E-state index contributed by atoms with van der Waals surface area (Å²) < 4.78 is 32.4. The molecular weight excluding hydrogens is 314 g/mol. The van der Waals surface area contributed by atoms with Gasteiger partial charge in [-0.3, -0.25) is 0 Å². The van der Waals surface area contributed by atoms with Crippen molar-refractivity contribution in [3.8, 4) is 16.3 Å². The van der Waals surface area contributed by atoms with E-state index in [1.54, 1.807) is 0 Å². The zero-order valence-corrected chi connectivity index (χ0v) is 11.0. The number of hydrogen-bond donors (Lipinski definition) is 1. The number of benzene rings is 1. The van der Waals surface area contributed by atoms with E-state index in [0.717, 1.165) is 23.5 Å². The molecule has 0 fully saturated rings. The lowest BCUT2D eigenvalue weighted by atomic mass is 10.2. The van der Waals surface area contributed by atoms with Crippen LogP contribution in [0.1, 0.15) is 0 Å². The summed E-state index contributed by atoms with van der Waals surface area (Å²) in [5.74, 6) is -1.14. The zero-order valence-electron chi connectivity index (χ0n) is 8.63. The molecule has 90 valence electrons. The first-order chi connectivity index (χ1) is 8.02. The number of rotatable bonds is 2. The molecule has 2 rings (SSSR count). The summed E-state index contributed by atoms with van der Waals surface area (Å²) in [6.45, 7) is 0. The van der Waals surface area contributed by atoms with Crippen LogP contribution < -0.4 is 10.5 Å². The van der Waals surface area contributed by atoms with Crippen molar-refractivity contribution in [2.75, 3.05) is 12.8 Å². The van der Waals surface area contributed by atoms with E-state index in [0.29, 0.717) is 8.79 Å². The summed E-state index contributed by atoms with van der Waals surface area (Å²) in [6.07, 6.45) is 0. The van der Waals surface area contributed by atoms with Gasteiger partial charge in [0, 0.05) is 11.6 Å². The molecule has 2 N–H and O–H groups in total. The third-order valence-corrected chi connectivity index (χ3v) is 3.87. The molecule has 0 amide bonds. The summed E-state index contributed by atoms with van der Waals surface area (Å²) in [4.78, 5) is 3.94. The quantitative estimate of drug-likeness (QED) is 0.922. The predicted molar refractivity (Wildman–Crippen MR) is 66.1 cm³/mol. The largest absolute Gasteiger partial charge is 0.494 e. The van der Waals surface area contributed by atoms with Crippen LogP contribution in [0.25, 0.3) is 10.6 Å². The number of thiazole rings is 1. The lowest BCUT2D eigenvalue weighted by molar-refractivity contribution is 0.383. The minimum absolute atomic E-state index is 0.0608. The average Bonchev–Trinajstić information content (AvgIpc) is 2.61. The van der Waals surface area contributed by atoms with Crippen molar-refractivity contribution >= 4 is 33.1 Å². The Bertz CT molecular complexity index is 554. The second-order valence-electron chi connectivity index (χ2n) is 3.14. The molecule has 3 nitrogen and oxygen atoms in total. The highest BCUT2D eigenvalue weighted by atomic mass is 79.9. The summed E-state index contributed by atoms with van der Waals surface area (Å²) in [7, 11) is 1.27. The van der Waals surface area contributed by atoms with Gasteiger partial charge in [0.25, 0.3) is 0 Å². The fourth-order valence-electron chi connectivity index (χ4n) is 1.28. The van der Waals surface area contributed by atoms with Gasteiger partial charge < -0.3 is 10.5 Å². The minimum atomic E-state index is -0.645. The molecular formula is C10H7BrF2N2OS. The molecule has 0 aliphatic rings. The van der Waals surface area contributed by atoms with Crippen molar-refractivity contribution < 1.29 is 13.5 Å². The van der Waals surface area contributed by atoms with Gasteiger partial charge in [-0.05, 0) is 22.0 Å². The molecule has 17 heavy (non-hydrogen) atoms. The predicted octanol–water partition coefficient (Wildman–Crippen LogP) is 3.44. The Hall–Kier alpha value is -1.21. The second kappa shape index (κ2) is 4.58. The van der Waals surface area contributed by atoms with Crippen LogP contribution in [0, 0.1) is 11.6 Å². The maximum absolute atomic E-state index is 13.7. The van der Waals surface area contributed by atoms with E-state index >= 15 is 0 Å². The first-order valence-electron chi connectivity index (χ1n) is 4.48. The summed E-state index contributed by atoms with van der Waals surface area (Å²) in [6, 6.07) is 2.02. The molecule has 1 heterocycles. The fraction of sp³-hybridized carbons (Fsp3) is 0.100. The van der Waals surface area contributed by atoms with Gasteiger partial charge in [-0.15, -0.1) is 11.3 Å². The Morgan fingerprint density at radius 1 is 1.35 bits per heavy atom. The Morgan fingerprint density at radius 2 is 2.06 bits per heavy atom. The Labute approximate surface area is 108 Å². The lowest BCUT2D eigenvalue weighted by Gasteiger charge is -2.04. The first kappa shape index (κ1) is 12.3. The topological polar surface area (TPSA) is 48.1 Å². The molecule has 0 saturated carbocycles. The molecule has 0 saturated heterocycles. The van der Waals surface area contributed by atoms with Crippen LogP contribution in [0.2, 0.25) is 0 Å². The third-order valence-electron chi connectivity index (χ3n) is 2.08. The maximum atomic E-state index is 13.7. The average molecular weight is 321 g/mol. The van der Waals surface area contributed by atoms with Gasteiger partial charge in [-0.25, -0.2) is 13.8 Å². The lowest BCUT2D eigenvalue weighted by Crippen LogP contribution is -1.93. The van der Waals surface area contributed by atoms with Gasteiger partial charge in [0.2, 0.25) is 0 Å². The van der Waals surface area contributed by atoms with Crippen LogP contribution in [0.4, 0.5) is 14.6 Å². The number of methoxy groups -OCH3 is 1.